The first kappa shape index (κ1) is 19.1. The third-order valence-corrected chi connectivity index (χ3v) is 4.41. The highest BCUT2D eigenvalue weighted by molar-refractivity contribution is 6.30. The summed E-state index contributed by atoms with van der Waals surface area (Å²) in [5.41, 5.74) is 8.52. The van der Waals surface area contributed by atoms with Gasteiger partial charge in [-0.3, -0.25) is 0 Å². The second kappa shape index (κ2) is 9.35. The van der Waals surface area contributed by atoms with Crippen molar-refractivity contribution in [3.63, 3.8) is 0 Å². The Morgan fingerprint density at radius 1 is 1.11 bits per heavy atom. The average molecular weight is 384 g/mol. The number of halogens is 1. The Labute approximate surface area is 163 Å². The molecule has 0 saturated heterocycles. The van der Waals surface area contributed by atoms with Crippen LogP contribution >= 0.6 is 11.6 Å². The van der Waals surface area contributed by atoms with Crippen molar-refractivity contribution in [3.05, 3.63) is 65.0 Å². The summed E-state index contributed by atoms with van der Waals surface area (Å²) in [5, 5.41) is 4.84. The van der Waals surface area contributed by atoms with Crippen LogP contribution in [0.2, 0.25) is 5.02 Å². The van der Waals surface area contributed by atoms with Gasteiger partial charge in [0.2, 0.25) is 5.82 Å². The molecule has 1 heterocycles. The maximum atomic E-state index is 5.98. The van der Waals surface area contributed by atoms with E-state index in [1.807, 2.05) is 48.5 Å². The number of nitrogens with zero attached hydrogens (tertiary/aromatic N) is 2. The maximum Gasteiger partial charge on any atom is 0.254 e. The van der Waals surface area contributed by atoms with Crippen LogP contribution in [0.4, 0.5) is 0 Å². The normalized spacial score (nSPS) is 11.6. The van der Waals surface area contributed by atoms with Crippen molar-refractivity contribution in [1.29, 1.82) is 0 Å². The zero-order valence-electron chi connectivity index (χ0n) is 15.2. The number of nitrogens with two attached hydrogens (primary N) is 1. The molecule has 0 aliphatic heterocycles. The van der Waals surface area contributed by atoms with Crippen LogP contribution in [0, 0.1) is 0 Å². The Bertz CT molecular complexity index is 887. The van der Waals surface area contributed by atoms with E-state index in [1.165, 1.54) is 0 Å². The quantitative estimate of drug-likeness (QED) is 0.550. The molecule has 0 aliphatic rings. The van der Waals surface area contributed by atoms with Gasteiger partial charge in [-0.15, -0.1) is 0 Å². The third kappa shape index (κ3) is 5.18. The summed E-state index contributed by atoms with van der Waals surface area (Å²) in [7, 11) is 1.64. The number of hydrogen-bond acceptors (Lipinski definition) is 5. The van der Waals surface area contributed by atoms with Crippen molar-refractivity contribution in [3.8, 4) is 17.1 Å². The van der Waals surface area contributed by atoms with Gasteiger partial charge in [0, 0.05) is 16.2 Å². The summed E-state index contributed by atoms with van der Waals surface area (Å²) in [4.78, 5) is 4.58. The summed E-state index contributed by atoms with van der Waals surface area (Å²) in [6.07, 6.45) is 4.76. The molecule has 3 aromatic rings. The summed E-state index contributed by atoms with van der Waals surface area (Å²) in [5.74, 6) is 1.86. The molecular weight excluding hydrogens is 362 g/mol. The highest BCUT2D eigenvalue weighted by Gasteiger charge is 2.13. The molecule has 3 rings (SSSR count). The molecule has 0 atom stereocenters. The Morgan fingerprint density at radius 2 is 1.85 bits per heavy atom. The molecule has 0 amide bonds. The van der Waals surface area contributed by atoms with Gasteiger partial charge in [-0.2, -0.15) is 4.98 Å². The number of benzene rings is 2. The lowest BCUT2D eigenvalue weighted by Crippen LogP contribution is -1.98. The lowest BCUT2D eigenvalue weighted by atomic mass is 10.0. The van der Waals surface area contributed by atoms with Crippen molar-refractivity contribution in [2.75, 3.05) is 13.7 Å². The largest absolute Gasteiger partial charge is 0.497 e. The number of ether oxygens (including phenoxy) is 1. The van der Waals surface area contributed by atoms with Crippen LogP contribution in [0.1, 0.15) is 30.7 Å². The molecule has 0 radical (unpaired) electrons. The van der Waals surface area contributed by atoms with E-state index in [-0.39, 0.29) is 0 Å². The first-order chi connectivity index (χ1) is 13.2. The third-order valence-electron chi connectivity index (χ3n) is 4.16. The van der Waals surface area contributed by atoms with Crippen molar-refractivity contribution in [1.82, 2.24) is 10.1 Å². The Kier molecular flexibility index (Phi) is 6.63. The van der Waals surface area contributed by atoms with Gasteiger partial charge in [0.05, 0.1) is 7.11 Å². The van der Waals surface area contributed by atoms with E-state index in [0.29, 0.717) is 23.3 Å². The average Bonchev–Trinajstić information content (AvgIpc) is 3.19. The van der Waals surface area contributed by atoms with Crippen LogP contribution in [-0.2, 0) is 0 Å². The van der Waals surface area contributed by atoms with E-state index in [2.05, 4.69) is 16.2 Å². The first-order valence-corrected chi connectivity index (χ1v) is 9.22. The predicted octanol–water partition coefficient (Wildman–Crippen LogP) is 5.07. The van der Waals surface area contributed by atoms with Gasteiger partial charge in [0.15, 0.2) is 0 Å². The molecule has 0 aliphatic carbocycles. The molecule has 0 saturated carbocycles. The fourth-order valence-corrected chi connectivity index (χ4v) is 2.80. The molecule has 6 heteroatoms. The van der Waals surface area contributed by atoms with E-state index in [0.717, 1.165) is 41.7 Å². The molecule has 2 N–H and O–H groups in total. The zero-order chi connectivity index (χ0) is 19.1. The predicted molar refractivity (Wildman–Crippen MR) is 109 cm³/mol. The van der Waals surface area contributed by atoms with Gasteiger partial charge in [0.1, 0.15) is 5.75 Å². The number of rotatable bonds is 8. The van der Waals surface area contributed by atoms with E-state index < -0.39 is 0 Å². The molecule has 0 fully saturated rings. The van der Waals surface area contributed by atoms with E-state index in [4.69, 9.17) is 26.6 Å². The number of hydrogen-bond donors (Lipinski definition) is 1. The van der Waals surface area contributed by atoms with Crippen molar-refractivity contribution in [2.24, 2.45) is 5.73 Å². The van der Waals surface area contributed by atoms with E-state index >= 15 is 0 Å². The summed E-state index contributed by atoms with van der Waals surface area (Å²) < 4.78 is 10.7. The summed E-state index contributed by atoms with van der Waals surface area (Å²) in [6, 6.07) is 15.2. The number of allylic oxidation sites excluding steroid dienone is 1. The van der Waals surface area contributed by atoms with Crippen LogP contribution in [0.5, 0.6) is 5.75 Å². The second-order valence-corrected chi connectivity index (χ2v) is 6.55. The lowest BCUT2D eigenvalue weighted by molar-refractivity contribution is 0.406. The van der Waals surface area contributed by atoms with Crippen LogP contribution in [-0.4, -0.2) is 23.8 Å². The van der Waals surface area contributed by atoms with Gasteiger partial charge >= 0.3 is 0 Å². The van der Waals surface area contributed by atoms with Gasteiger partial charge in [-0.1, -0.05) is 28.9 Å². The maximum absolute atomic E-state index is 5.98. The van der Waals surface area contributed by atoms with Gasteiger partial charge in [-0.25, -0.2) is 0 Å². The smallest absolute Gasteiger partial charge is 0.254 e. The second-order valence-electron chi connectivity index (χ2n) is 6.12. The minimum atomic E-state index is 0.521. The minimum absolute atomic E-state index is 0.521. The molecule has 2 aromatic carbocycles. The molecule has 0 unspecified atom stereocenters. The van der Waals surface area contributed by atoms with Crippen LogP contribution in [0.3, 0.4) is 0 Å². The Morgan fingerprint density at radius 3 is 2.52 bits per heavy atom. The molecule has 5 nitrogen and oxygen atoms in total. The standard InChI is InChI=1S/C21H22ClN3O2/c1-26-19-11-7-16(8-12-19)20-24-21(27-25-20)17(4-2-3-13-23)14-15-5-9-18(22)10-6-15/h5-12,14H,2-4,13,23H2,1H3/b17-14+. The van der Waals surface area contributed by atoms with Gasteiger partial charge in [-0.05, 0) is 73.8 Å². The topological polar surface area (TPSA) is 74.2 Å². The summed E-state index contributed by atoms with van der Waals surface area (Å²) in [6.45, 7) is 0.662. The Hall–Kier alpha value is -2.63. The van der Waals surface area contributed by atoms with Crippen molar-refractivity contribution < 1.29 is 9.26 Å². The summed E-state index contributed by atoms with van der Waals surface area (Å²) >= 11 is 5.98. The molecular formula is C21H22ClN3O2. The van der Waals surface area contributed by atoms with Crippen LogP contribution in [0.25, 0.3) is 23.0 Å². The van der Waals surface area contributed by atoms with Crippen molar-refractivity contribution in [2.45, 2.75) is 19.3 Å². The SMILES string of the molecule is COc1ccc(-c2noc(/C(=C/c3ccc(Cl)cc3)CCCCN)n2)cc1. The monoisotopic (exact) mass is 383 g/mol. The van der Waals surface area contributed by atoms with Crippen molar-refractivity contribution >= 4 is 23.3 Å². The van der Waals surface area contributed by atoms with Gasteiger partial charge in [0.25, 0.3) is 5.89 Å². The fraction of sp³-hybridized carbons (Fsp3) is 0.238. The lowest BCUT2D eigenvalue weighted by Gasteiger charge is -2.03. The van der Waals surface area contributed by atoms with Gasteiger partial charge < -0.3 is 15.0 Å². The first-order valence-electron chi connectivity index (χ1n) is 8.84. The Balaban J connectivity index is 1.87. The zero-order valence-corrected chi connectivity index (χ0v) is 15.9. The number of aromatic nitrogens is 2. The molecule has 140 valence electrons. The highest BCUT2D eigenvalue weighted by Crippen LogP contribution is 2.26. The number of methoxy groups -OCH3 is 1. The van der Waals surface area contributed by atoms with E-state index in [9.17, 15) is 0 Å². The molecule has 27 heavy (non-hydrogen) atoms. The number of unbranched alkanes of at least 4 members (excludes halogenated alkanes) is 1. The van der Waals surface area contributed by atoms with E-state index in [1.54, 1.807) is 7.11 Å². The van der Waals surface area contributed by atoms with Crippen LogP contribution in [0.15, 0.2) is 53.1 Å². The highest BCUT2D eigenvalue weighted by atomic mass is 35.5. The molecule has 0 bridgehead atoms. The molecule has 0 spiro atoms. The van der Waals surface area contributed by atoms with Crippen LogP contribution < -0.4 is 10.5 Å². The molecule has 1 aromatic heterocycles. The minimum Gasteiger partial charge on any atom is -0.497 e. The fourth-order valence-electron chi connectivity index (χ4n) is 2.67.